The third-order valence-corrected chi connectivity index (χ3v) is 2.59. The van der Waals surface area contributed by atoms with E-state index in [1.54, 1.807) is 0 Å². The van der Waals surface area contributed by atoms with Gasteiger partial charge in [0, 0.05) is 5.56 Å². The maximum Gasteiger partial charge on any atom is 0.488 e. The molecule has 1 aromatic carbocycles. The van der Waals surface area contributed by atoms with E-state index in [1.807, 2.05) is 0 Å². The van der Waals surface area contributed by atoms with Crippen molar-refractivity contribution in [3.63, 3.8) is 0 Å². The highest BCUT2D eigenvalue weighted by Crippen LogP contribution is 2.27. The minimum absolute atomic E-state index is 0.246. The molecule has 1 amide bonds. The topological polar surface area (TPSA) is 60.8 Å². The van der Waals surface area contributed by atoms with Crippen LogP contribution in [0, 0.1) is 0 Å². The van der Waals surface area contributed by atoms with Gasteiger partial charge in [-0.2, -0.15) is 0 Å². The van der Waals surface area contributed by atoms with Gasteiger partial charge in [-0.3, -0.25) is 4.79 Å². The molecule has 0 aliphatic carbocycles. The zero-order valence-electron chi connectivity index (χ0n) is 8.81. The Labute approximate surface area is 96.6 Å². The summed E-state index contributed by atoms with van der Waals surface area (Å²) in [5, 5.41) is 17.7. The molecule has 0 unspecified atom stereocenters. The molecule has 1 heterocycles. The second-order valence-corrected chi connectivity index (χ2v) is 4.01. The number of hydrogen-bond acceptors (Lipinski definition) is 3. The molecule has 90 valence electrons. The zero-order chi connectivity index (χ0) is 12.6. The smallest absolute Gasteiger partial charge is 0.423 e. The van der Waals surface area contributed by atoms with Crippen LogP contribution in [0.3, 0.4) is 0 Å². The quantitative estimate of drug-likeness (QED) is 0.683. The Balaban J connectivity index is 2.06. The third-order valence-electron chi connectivity index (χ3n) is 2.59. The van der Waals surface area contributed by atoms with Gasteiger partial charge in [-0.15, -0.1) is 0 Å². The van der Waals surface area contributed by atoms with E-state index < -0.39 is 32.0 Å². The first-order chi connectivity index (χ1) is 7.89. The molecule has 1 saturated heterocycles. The van der Waals surface area contributed by atoms with Crippen molar-refractivity contribution < 1.29 is 23.6 Å². The minimum atomic E-state index is -2.78. The first-order valence-electron chi connectivity index (χ1n) is 5.02. The predicted molar refractivity (Wildman–Crippen MR) is 57.1 cm³/mol. The second-order valence-electron chi connectivity index (χ2n) is 4.01. The summed E-state index contributed by atoms with van der Waals surface area (Å²) in [4.78, 5) is 12.7. The van der Waals surface area contributed by atoms with E-state index in [9.17, 15) is 13.6 Å². The van der Waals surface area contributed by atoms with Crippen LogP contribution in [0.4, 0.5) is 8.78 Å². The van der Waals surface area contributed by atoms with E-state index >= 15 is 0 Å². The Hall–Kier alpha value is -1.47. The molecule has 1 aliphatic heterocycles. The van der Waals surface area contributed by atoms with Crippen LogP contribution in [0.25, 0.3) is 0 Å². The highest BCUT2D eigenvalue weighted by Gasteiger charge is 2.46. The number of halogens is 2. The van der Waals surface area contributed by atoms with Crippen molar-refractivity contribution in [1.29, 1.82) is 0 Å². The number of carbonyl (C=O) groups excluding carboxylic acids is 1. The Morgan fingerprint density at radius 1 is 1.24 bits per heavy atom. The average Bonchev–Trinajstić information content (AvgIpc) is 2.25. The van der Waals surface area contributed by atoms with Crippen molar-refractivity contribution in [2.75, 3.05) is 13.1 Å². The van der Waals surface area contributed by atoms with Crippen molar-refractivity contribution in [2.45, 2.75) is 5.92 Å². The minimum Gasteiger partial charge on any atom is -0.423 e. The lowest BCUT2D eigenvalue weighted by Crippen LogP contribution is -2.58. The lowest BCUT2D eigenvalue weighted by molar-refractivity contribution is -0.113. The van der Waals surface area contributed by atoms with Gasteiger partial charge in [0.05, 0.1) is 13.1 Å². The van der Waals surface area contributed by atoms with Gasteiger partial charge in [0.15, 0.2) is 0 Å². The van der Waals surface area contributed by atoms with Gasteiger partial charge < -0.3 is 14.9 Å². The van der Waals surface area contributed by atoms with Gasteiger partial charge in [0.2, 0.25) is 0 Å². The summed E-state index contributed by atoms with van der Waals surface area (Å²) in [5.74, 6) is -3.26. The van der Waals surface area contributed by atoms with Gasteiger partial charge in [0.1, 0.15) is 0 Å². The van der Waals surface area contributed by atoms with Crippen LogP contribution in [0.15, 0.2) is 24.3 Å². The number of carbonyl (C=O) groups is 1. The normalized spacial score (nSPS) is 17.5. The van der Waals surface area contributed by atoms with E-state index in [1.165, 1.54) is 24.3 Å². The summed E-state index contributed by atoms with van der Waals surface area (Å²) in [7, 11) is -1.60. The molecular formula is C10H10BF2NO3. The van der Waals surface area contributed by atoms with Gasteiger partial charge in [-0.1, -0.05) is 12.1 Å². The molecule has 0 spiro atoms. The summed E-state index contributed by atoms with van der Waals surface area (Å²) < 4.78 is 25.1. The van der Waals surface area contributed by atoms with Crippen molar-refractivity contribution in [3.05, 3.63) is 29.8 Å². The van der Waals surface area contributed by atoms with Crippen LogP contribution in [-0.2, 0) is 0 Å². The van der Waals surface area contributed by atoms with Crippen LogP contribution in [-0.4, -0.2) is 47.0 Å². The highest BCUT2D eigenvalue weighted by atomic mass is 19.3. The highest BCUT2D eigenvalue weighted by molar-refractivity contribution is 6.58. The maximum atomic E-state index is 12.6. The second kappa shape index (κ2) is 4.08. The lowest BCUT2D eigenvalue weighted by atomic mass is 9.80. The van der Waals surface area contributed by atoms with Gasteiger partial charge >= 0.3 is 7.12 Å². The molecule has 7 heteroatoms. The molecule has 4 nitrogen and oxygen atoms in total. The SMILES string of the molecule is O=C(c1ccc(B(O)O)cc1)N1CC(F)(F)C1. The zero-order valence-corrected chi connectivity index (χ0v) is 8.81. The molecule has 1 aromatic rings. The van der Waals surface area contributed by atoms with E-state index in [0.717, 1.165) is 4.90 Å². The summed E-state index contributed by atoms with van der Waals surface area (Å²) >= 11 is 0. The van der Waals surface area contributed by atoms with Crippen LogP contribution in [0.5, 0.6) is 0 Å². The van der Waals surface area contributed by atoms with Gasteiger partial charge in [-0.05, 0) is 17.6 Å². The molecule has 2 rings (SSSR count). The Morgan fingerprint density at radius 3 is 2.18 bits per heavy atom. The first kappa shape index (κ1) is 12.0. The van der Waals surface area contributed by atoms with Crippen LogP contribution in [0.2, 0.25) is 0 Å². The molecule has 17 heavy (non-hydrogen) atoms. The standard InChI is InChI=1S/C10H10BF2NO3/c12-10(13)5-14(6-10)9(15)7-1-3-8(4-2-7)11(16)17/h1-4,16-17H,5-6H2. The number of likely N-dealkylation sites (tertiary alicyclic amines) is 1. The fourth-order valence-corrected chi connectivity index (χ4v) is 1.64. The molecule has 0 atom stereocenters. The fourth-order valence-electron chi connectivity index (χ4n) is 1.64. The molecule has 1 fully saturated rings. The average molecular weight is 241 g/mol. The van der Waals surface area contributed by atoms with Crippen LogP contribution >= 0.6 is 0 Å². The number of alkyl halides is 2. The largest absolute Gasteiger partial charge is 0.488 e. The molecule has 2 N–H and O–H groups in total. The van der Waals surface area contributed by atoms with E-state index in [4.69, 9.17) is 10.0 Å². The number of hydrogen-bond donors (Lipinski definition) is 2. The molecule has 0 aromatic heterocycles. The van der Waals surface area contributed by atoms with Crippen molar-refractivity contribution in [1.82, 2.24) is 4.90 Å². The number of benzene rings is 1. The Bertz CT molecular complexity index is 428. The number of rotatable bonds is 2. The third kappa shape index (κ3) is 2.45. The lowest BCUT2D eigenvalue weighted by Gasteiger charge is -2.38. The van der Waals surface area contributed by atoms with E-state index in [0.29, 0.717) is 0 Å². The number of nitrogens with zero attached hydrogens (tertiary/aromatic N) is 1. The van der Waals surface area contributed by atoms with Crippen molar-refractivity contribution in [2.24, 2.45) is 0 Å². The van der Waals surface area contributed by atoms with E-state index in [2.05, 4.69) is 0 Å². The molecule has 0 bridgehead atoms. The Morgan fingerprint density at radius 2 is 1.76 bits per heavy atom. The maximum absolute atomic E-state index is 12.6. The van der Waals surface area contributed by atoms with Crippen LogP contribution < -0.4 is 5.46 Å². The summed E-state index contributed by atoms with van der Waals surface area (Å²) in [5.41, 5.74) is 0.500. The van der Waals surface area contributed by atoms with Gasteiger partial charge in [0.25, 0.3) is 11.8 Å². The van der Waals surface area contributed by atoms with E-state index in [-0.39, 0.29) is 11.0 Å². The molecular weight excluding hydrogens is 231 g/mol. The fraction of sp³-hybridized carbons (Fsp3) is 0.300. The molecule has 1 aliphatic rings. The van der Waals surface area contributed by atoms with Crippen molar-refractivity contribution >= 4 is 18.5 Å². The van der Waals surface area contributed by atoms with Crippen molar-refractivity contribution in [3.8, 4) is 0 Å². The summed E-state index contributed by atoms with van der Waals surface area (Å²) in [6.45, 7) is -1.12. The molecule has 0 radical (unpaired) electrons. The van der Waals surface area contributed by atoms with Crippen LogP contribution in [0.1, 0.15) is 10.4 Å². The Kier molecular flexibility index (Phi) is 2.88. The van der Waals surface area contributed by atoms with Gasteiger partial charge in [-0.25, -0.2) is 8.78 Å². The molecule has 0 saturated carbocycles. The first-order valence-corrected chi connectivity index (χ1v) is 5.02. The number of amides is 1. The summed E-state index contributed by atoms with van der Waals surface area (Å²) in [6.07, 6.45) is 0. The monoisotopic (exact) mass is 241 g/mol. The predicted octanol–water partition coefficient (Wildman–Crippen LogP) is -0.543. The summed E-state index contributed by atoms with van der Waals surface area (Å²) in [6, 6.07) is 5.51.